The lowest BCUT2D eigenvalue weighted by molar-refractivity contribution is -0.0501. The van der Waals surface area contributed by atoms with Crippen molar-refractivity contribution in [1.29, 1.82) is 0 Å². The van der Waals surface area contributed by atoms with E-state index in [1.807, 2.05) is 0 Å². The highest BCUT2D eigenvalue weighted by molar-refractivity contribution is 6.31. The van der Waals surface area contributed by atoms with Crippen molar-refractivity contribution in [2.24, 2.45) is 5.73 Å². The standard InChI is InChI=1S/C11H13ClF2N2O2/c12-7-2-3-9(18-11(13)14)8(6-7)10(17)16-5-1-4-15/h2-3,6,11H,1,4-5,15H2,(H,16,17). The van der Waals surface area contributed by atoms with Gasteiger partial charge in [0.25, 0.3) is 5.91 Å². The molecule has 18 heavy (non-hydrogen) atoms. The number of halogens is 3. The molecule has 0 aliphatic rings. The number of amides is 1. The van der Waals surface area contributed by atoms with Gasteiger partial charge in [-0.05, 0) is 31.2 Å². The second-order valence-corrected chi connectivity index (χ2v) is 3.85. The molecular formula is C11H13ClF2N2O2. The van der Waals surface area contributed by atoms with Crippen LogP contribution in [0.1, 0.15) is 16.8 Å². The van der Waals surface area contributed by atoms with Gasteiger partial charge in [0.2, 0.25) is 0 Å². The molecule has 0 saturated carbocycles. The van der Waals surface area contributed by atoms with Crippen LogP contribution >= 0.6 is 11.6 Å². The molecular weight excluding hydrogens is 266 g/mol. The molecule has 100 valence electrons. The summed E-state index contributed by atoms with van der Waals surface area (Å²) in [7, 11) is 0. The van der Waals surface area contributed by atoms with E-state index < -0.39 is 12.5 Å². The fraction of sp³-hybridized carbons (Fsp3) is 0.364. The lowest BCUT2D eigenvalue weighted by atomic mass is 10.2. The van der Waals surface area contributed by atoms with Crippen molar-refractivity contribution in [2.45, 2.75) is 13.0 Å². The monoisotopic (exact) mass is 278 g/mol. The first-order valence-electron chi connectivity index (χ1n) is 5.27. The van der Waals surface area contributed by atoms with Crippen LogP contribution < -0.4 is 15.8 Å². The number of hydrogen-bond donors (Lipinski definition) is 2. The number of alkyl halides is 2. The molecule has 0 bridgehead atoms. The molecule has 0 saturated heterocycles. The van der Waals surface area contributed by atoms with Crippen molar-refractivity contribution >= 4 is 17.5 Å². The van der Waals surface area contributed by atoms with E-state index >= 15 is 0 Å². The molecule has 1 rings (SSSR count). The molecule has 1 aromatic rings. The van der Waals surface area contributed by atoms with Crippen LogP contribution in [0.5, 0.6) is 5.75 Å². The highest BCUT2D eigenvalue weighted by atomic mass is 35.5. The molecule has 1 aromatic carbocycles. The summed E-state index contributed by atoms with van der Waals surface area (Å²) in [5.41, 5.74) is 5.25. The van der Waals surface area contributed by atoms with Gasteiger partial charge in [0.05, 0.1) is 5.56 Å². The topological polar surface area (TPSA) is 64.3 Å². The van der Waals surface area contributed by atoms with Crippen LogP contribution in [-0.4, -0.2) is 25.6 Å². The first-order chi connectivity index (χ1) is 8.54. The van der Waals surface area contributed by atoms with Gasteiger partial charge in [-0.25, -0.2) is 0 Å². The van der Waals surface area contributed by atoms with Crippen LogP contribution in [0.4, 0.5) is 8.78 Å². The maximum absolute atomic E-state index is 12.2. The molecule has 0 aliphatic carbocycles. The van der Waals surface area contributed by atoms with Crippen LogP contribution in [0.25, 0.3) is 0 Å². The molecule has 0 fully saturated rings. The van der Waals surface area contributed by atoms with Crippen molar-refractivity contribution in [2.75, 3.05) is 13.1 Å². The Morgan fingerprint density at radius 2 is 2.22 bits per heavy atom. The minimum atomic E-state index is -3.00. The predicted octanol–water partition coefficient (Wildman–Crippen LogP) is 2.02. The molecule has 3 N–H and O–H groups in total. The van der Waals surface area contributed by atoms with E-state index in [9.17, 15) is 13.6 Å². The van der Waals surface area contributed by atoms with Crippen LogP contribution in [0.15, 0.2) is 18.2 Å². The Morgan fingerprint density at radius 1 is 1.50 bits per heavy atom. The Bertz CT molecular complexity index is 416. The maximum Gasteiger partial charge on any atom is 0.387 e. The van der Waals surface area contributed by atoms with Crippen LogP contribution in [0.3, 0.4) is 0 Å². The molecule has 0 radical (unpaired) electrons. The summed E-state index contributed by atoms with van der Waals surface area (Å²) < 4.78 is 28.6. The van der Waals surface area contributed by atoms with Crippen LogP contribution in [0, 0.1) is 0 Å². The van der Waals surface area contributed by atoms with Gasteiger partial charge in [0.1, 0.15) is 5.75 Å². The number of carbonyl (C=O) groups excluding carboxylic acids is 1. The van der Waals surface area contributed by atoms with Gasteiger partial charge in [-0.2, -0.15) is 8.78 Å². The van der Waals surface area contributed by atoms with E-state index in [0.29, 0.717) is 19.5 Å². The smallest absolute Gasteiger partial charge is 0.387 e. The molecule has 0 spiro atoms. The average Bonchev–Trinajstić information content (AvgIpc) is 2.31. The Balaban J connectivity index is 2.83. The number of nitrogens with one attached hydrogen (secondary N) is 1. The summed E-state index contributed by atoms with van der Waals surface area (Å²) in [4.78, 5) is 11.7. The third-order valence-corrected chi connectivity index (χ3v) is 2.30. The van der Waals surface area contributed by atoms with Gasteiger partial charge < -0.3 is 15.8 Å². The second-order valence-electron chi connectivity index (χ2n) is 3.42. The molecule has 4 nitrogen and oxygen atoms in total. The molecule has 0 aromatic heterocycles. The predicted molar refractivity (Wildman–Crippen MR) is 64.1 cm³/mol. The third kappa shape index (κ3) is 4.46. The number of carbonyl (C=O) groups is 1. The highest BCUT2D eigenvalue weighted by Gasteiger charge is 2.15. The Kier molecular flexibility index (Phi) is 5.80. The van der Waals surface area contributed by atoms with Crippen molar-refractivity contribution in [3.8, 4) is 5.75 Å². The quantitative estimate of drug-likeness (QED) is 0.783. The third-order valence-electron chi connectivity index (χ3n) is 2.07. The molecule has 7 heteroatoms. The minimum Gasteiger partial charge on any atom is -0.434 e. The molecule has 0 heterocycles. The molecule has 0 atom stereocenters. The summed E-state index contributed by atoms with van der Waals surface area (Å²) in [5, 5.41) is 2.80. The Labute approximate surface area is 108 Å². The normalized spacial score (nSPS) is 10.5. The molecule has 0 unspecified atom stereocenters. The van der Waals surface area contributed by atoms with E-state index in [-0.39, 0.29) is 16.3 Å². The van der Waals surface area contributed by atoms with Crippen LogP contribution in [-0.2, 0) is 0 Å². The van der Waals surface area contributed by atoms with Gasteiger partial charge in [0, 0.05) is 11.6 Å². The van der Waals surface area contributed by atoms with Gasteiger partial charge in [-0.1, -0.05) is 11.6 Å². The second kappa shape index (κ2) is 7.13. The van der Waals surface area contributed by atoms with E-state index in [1.165, 1.54) is 18.2 Å². The molecule has 0 aliphatic heterocycles. The number of nitrogens with two attached hydrogens (primary N) is 1. The zero-order valence-electron chi connectivity index (χ0n) is 9.46. The first-order valence-corrected chi connectivity index (χ1v) is 5.65. The van der Waals surface area contributed by atoms with Gasteiger partial charge in [0.15, 0.2) is 0 Å². The summed E-state index contributed by atoms with van der Waals surface area (Å²) in [5.74, 6) is -0.735. The number of benzene rings is 1. The SMILES string of the molecule is NCCCNC(=O)c1cc(Cl)ccc1OC(F)F. The number of hydrogen-bond acceptors (Lipinski definition) is 3. The zero-order valence-corrected chi connectivity index (χ0v) is 10.2. The van der Waals surface area contributed by atoms with Crippen molar-refractivity contribution in [1.82, 2.24) is 5.32 Å². The van der Waals surface area contributed by atoms with E-state index in [4.69, 9.17) is 17.3 Å². The van der Waals surface area contributed by atoms with Gasteiger partial charge in [-0.3, -0.25) is 4.79 Å². The summed E-state index contributed by atoms with van der Waals surface area (Å²) in [6.45, 7) is -2.21. The van der Waals surface area contributed by atoms with Gasteiger partial charge >= 0.3 is 6.61 Å². The largest absolute Gasteiger partial charge is 0.434 e. The minimum absolute atomic E-state index is 0.0279. The molecule has 1 amide bonds. The lowest BCUT2D eigenvalue weighted by Gasteiger charge is -2.11. The van der Waals surface area contributed by atoms with E-state index in [2.05, 4.69) is 10.1 Å². The summed E-state index contributed by atoms with van der Waals surface area (Å²) in [6, 6.07) is 3.87. The van der Waals surface area contributed by atoms with Crippen molar-refractivity contribution in [3.05, 3.63) is 28.8 Å². The van der Waals surface area contributed by atoms with Crippen molar-refractivity contribution in [3.63, 3.8) is 0 Å². The zero-order chi connectivity index (χ0) is 13.5. The van der Waals surface area contributed by atoms with E-state index in [0.717, 1.165) is 0 Å². The Morgan fingerprint density at radius 3 is 2.83 bits per heavy atom. The van der Waals surface area contributed by atoms with Gasteiger partial charge in [-0.15, -0.1) is 0 Å². The number of rotatable bonds is 6. The fourth-order valence-corrected chi connectivity index (χ4v) is 1.45. The average molecular weight is 279 g/mol. The summed E-state index contributed by atoms with van der Waals surface area (Å²) >= 11 is 5.72. The van der Waals surface area contributed by atoms with Crippen LogP contribution in [0.2, 0.25) is 5.02 Å². The Hall–Kier alpha value is -1.40. The first kappa shape index (κ1) is 14.7. The highest BCUT2D eigenvalue weighted by Crippen LogP contribution is 2.24. The van der Waals surface area contributed by atoms with Crippen molar-refractivity contribution < 1.29 is 18.3 Å². The van der Waals surface area contributed by atoms with E-state index in [1.54, 1.807) is 0 Å². The number of ether oxygens (including phenoxy) is 1. The fourth-order valence-electron chi connectivity index (χ4n) is 1.28. The lowest BCUT2D eigenvalue weighted by Crippen LogP contribution is -2.26. The maximum atomic E-state index is 12.2. The summed E-state index contributed by atoms with van der Waals surface area (Å²) in [6.07, 6.45) is 0.595.